The molecule has 5 atom stereocenters. The van der Waals surface area contributed by atoms with Gasteiger partial charge in [-0.2, -0.15) is 0 Å². The third-order valence-corrected chi connectivity index (χ3v) is 6.33. The minimum atomic E-state index is -0.694. The summed E-state index contributed by atoms with van der Waals surface area (Å²) in [4.78, 5) is 0. The molecule has 0 aliphatic carbocycles. The molecule has 1 aromatic carbocycles. The third-order valence-electron chi connectivity index (χ3n) is 6.33. The number of hydrogen-bond donors (Lipinski definition) is 2. The van der Waals surface area contributed by atoms with Crippen LogP contribution in [-0.4, -0.2) is 40.7 Å². The predicted molar refractivity (Wildman–Crippen MR) is 127 cm³/mol. The Morgan fingerprint density at radius 1 is 1.00 bits per heavy atom. The van der Waals surface area contributed by atoms with Gasteiger partial charge in [-0.25, -0.2) is 0 Å². The Morgan fingerprint density at radius 3 is 2.32 bits per heavy atom. The van der Waals surface area contributed by atoms with E-state index in [9.17, 15) is 10.2 Å². The molecule has 1 aliphatic heterocycles. The Morgan fingerprint density at radius 2 is 1.65 bits per heavy atom. The van der Waals surface area contributed by atoms with Crippen LogP contribution in [-0.2, 0) is 16.1 Å². The molecule has 1 heterocycles. The first-order valence-electron chi connectivity index (χ1n) is 12.4. The topological polar surface area (TPSA) is 58.9 Å². The summed E-state index contributed by atoms with van der Waals surface area (Å²) >= 11 is 0. The van der Waals surface area contributed by atoms with Crippen molar-refractivity contribution in [3.63, 3.8) is 0 Å². The number of unbranched alkanes of at least 4 members (excludes halogenated alkanes) is 7. The van der Waals surface area contributed by atoms with Crippen LogP contribution in [0.15, 0.2) is 43.0 Å². The van der Waals surface area contributed by atoms with Gasteiger partial charge in [0.2, 0.25) is 0 Å². The van der Waals surface area contributed by atoms with Crippen molar-refractivity contribution < 1.29 is 19.7 Å². The zero-order valence-corrected chi connectivity index (χ0v) is 19.5. The van der Waals surface area contributed by atoms with Crippen molar-refractivity contribution in [2.45, 2.75) is 121 Å². The molecule has 4 nitrogen and oxygen atoms in total. The highest BCUT2D eigenvalue weighted by molar-refractivity contribution is 5.13. The summed E-state index contributed by atoms with van der Waals surface area (Å²) in [6.45, 7) is 6.43. The van der Waals surface area contributed by atoms with Crippen LogP contribution in [0.2, 0.25) is 0 Å². The van der Waals surface area contributed by atoms with E-state index >= 15 is 0 Å². The van der Waals surface area contributed by atoms with E-state index in [1.807, 2.05) is 18.2 Å². The molecule has 1 aliphatic rings. The van der Waals surface area contributed by atoms with E-state index < -0.39 is 12.2 Å². The van der Waals surface area contributed by atoms with Crippen molar-refractivity contribution in [1.82, 2.24) is 0 Å². The van der Waals surface area contributed by atoms with Gasteiger partial charge in [0.05, 0.1) is 37.1 Å². The molecule has 0 amide bonds. The third kappa shape index (κ3) is 10.3. The molecular formula is C27H44O4. The summed E-state index contributed by atoms with van der Waals surface area (Å²) in [5.41, 5.74) is 1.17. The molecule has 1 fully saturated rings. The van der Waals surface area contributed by atoms with E-state index in [0.717, 1.165) is 25.7 Å². The van der Waals surface area contributed by atoms with Crippen LogP contribution < -0.4 is 0 Å². The van der Waals surface area contributed by atoms with Gasteiger partial charge in [0.15, 0.2) is 0 Å². The van der Waals surface area contributed by atoms with Crippen molar-refractivity contribution in [3.8, 4) is 0 Å². The van der Waals surface area contributed by atoms with Crippen molar-refractivity contribution in [2.24, 2.45) is 0 Å². The SMILES string of the molecule is C=C[C@H](O)C[C@@H](O)[C@H]1CC[C@H]([C@@H](CCCCCCCCCC)OCc2ccccc2)O1. The number of rotatable bonds is 17. The Bertz CT molecular complexity index is 576. The molecule has 0 radical (unpaired) electrons. The van der Waals surface area contributed by atoms with Crippen molar-refractivity contribution in [2.75, 3.05) is 0 Å². The second-order valence-corrected chi connectivity index (χ2v) is 9.00. The largest absolute Gasteiger partial charge is 0.390 e. The van der Waals surface area contributed by atoms with Crippen LogP contribution in [0.4, 0.5) is 0 Å². The first-order valence-corrected chi connectivity index (χ1v) is 12.4. The average Bonchev–Trinajstić information content (AvgIpc) is 3.28. The van der Waals surface area contributed by atoms with Crippen molar-refractivity contribution in [1.29, 1.82) is 0 Å². The van der Waals surface area contributed by atoms with Gasteiger partial charge in [-0.15, -0.1) is 6.58 Å². The van der Waals surface area contributed by atoms with Gasteiger partial charge in [-0.05, 0) is 24.8 Å². The number of benzene rings is 1. The summed E-state index contributed by atoms with van der Waals surface area (Å²) < 4.78 is 12.6. The molecule has 31 heavy (non-hydrogen) atoms. The number of aliphatic hydroxyl groups is 2. The number of ether oxygens (including phenoxy) is 2. The zero-order valence-electron chi connectivity index (χ0n) is 19.5. The molecule has 0 unspecified atom stereocenters. The maximum absolute atomic E-state index is 10.4. The minimum Gasteiger partial charge on any atom is -0.390 e. The van der Waals surface area contributed by atoms with E-state index in [1.54, 1.807) is 0 Å². The highest BCUT2D eigenvalue weighted by Crippen LogP contribution is 2.30. The lowest BCUT2D eigenvalue weighted by Gasteiger charge is -2.26. The van der Waals surface area contributed by atoms with Crippen molar-refractivity contribution in [3.05, 3.63) is 48.6 Å². The minimum absolute atomic E-state index is 0.00814. The molecule has 4 heteroatoms. The lowest BCUT2D eigenvalue weighted by atomic mass is 10.0. The second kappa shape index (κ2) is 15.6. The van der Waals surface area contributed by atoms with Gasteiger partial charge in [0.25, 0.3) is 0 Å². The summed E-state index contributed by atoms with van der Waals surface area (Å²) in [6.07, 6.45) is 13.2. The molecule has 0 saturated carbocycles. The Labute approximate surface area is 189 Å². The fraction of sp³-hybridized carbons (Fsp3) is 0.704. The lowest BCUT2D eigenvalue weighted by molar-refractivity contribution is -0.106. The summed E-state index contributed by atoms with van der Waals surface area (Å²) in [5.74, 6) is 0. The van der Waals surface area contributed by atoms with Gasteiger partial charge in [0, 0.05) is 6.42 Å². The monoisotopic (exact) mass is 432 g/mol. The lowest BCUT2D eigenvalue weighted by Crippen LogP contribution is -2.34. The highest BCUT2D eigenvalue weighted by atomic mass is 16.6. The first-order chi connectivity index (χ1) is 15.1. The standard InChI is InChI=1S/C27H44O4/c1-3-5-6-7-8-9-10-14-17-26(30-21-22-15-12-11-13-16-22)27-19-18-25(31-27)24(29)20-23(28)4-2/h4,11-13,15-16,23-29H,2-3,5-10,14,17-21H2,1H3/t23-,24+,25+,26+,27+/m0/s1. The molecule has 0 spiro atoms. The summed E-state index contributed by atoms with van der Waals surface area (Å²) in [7, 11) is 0. The van der Waals surface area contributed by atoms with E-state index in [2.05, 4.69) is 25.6 Å². The molecule has 0 bridgehead atoms. The van der Waals surface area contributed by atoms with Crippen molar-refractivity contribution >= 4 is 0 Å². The van der Waals surface area contributed by atoms with Crippen LogP contribution in [0.1, 0.15) is 89.5 Å². The average molecular weight is 433 g/mol. The van der Waals surface area contributed by atoms with E-state index in [1.165, 1.54) is 56.6 Å². The highest BCUT2D eigenvalue weighted by Gasteiger charge is 2.36. The molecular weight excluding hydrogens is 388 g/mol. The van der Waals surface area contributed by atoms with Crippen LogP contribution in [0.5, 0.6) is 0 Å². The fourth-order valence-corrected chi connectivity index (χ4v) is 4.37. The van der Waals surface area contributed by atoms with Gasteiger partial charge >= 0.3 is 0 Å². The fourth-order valence-electron chi connectivity index (χ4n) is 4.37. The molecule has 0 aromatic heterocycles. The summed E-state index contributed by atoms with van der Waals surface area (Å²) in [5, 5.41) is 20.2. The maximum atomic E-state index is 10.4. The van der Waals surface area contributed by atoms with Crippen LogP contribution in [0, 0.1) is 0 Å². The quantitative estimate of drug-likeness (QED) is 0.236. The van der Waals surface area contributed by atoms with Crippen LogP contribution in [0.25, 0.3) is 0 Å². The van der Waals surface area contributed by atoms with E-state index in [0.29, 0.717) is 6.61 Å². The number of aliphatic hydroxyl groups excluding tert-OH is 2. The van der Waals surface area contributed by atoms with Crippen LogP contribution in [0.3, 0.4) is 0 Å². The molecule has 1 saturated heterocycles. The smallest absolute Gasteiger partial charge is 0.0842 e. The normalized spacial score (nSPS) is 21.6. The molecule has 2 N–H and O–H groups in total. The zero-order chi connectivity index (χ0) is 22.3. The second-order valence-electron chi connectivity index (χ2n) is 9.00. The predicted octanol–water partition coefficient (Wildman–Crippen LogP) is 5.95. The van der Waals surface area contributed by atoms with Gasteiger partial charge < -0.3 is 19.7 Å². The Kier molecular flexibility index (Phi) is 13.1. The molecule has 2 rings (SSSR count). The Hall–Kier alpha value is -1.20. The molecule has 1 aromatic rings. The molecule has 176 valence electrons. The maximum Gasteiger partial charge on any atom is 0.0842 e. The first kappa shape index (κ1) is 26.1. The Balaban J connectivity index is 1.80. The van der Waals surface area contributed by atoms with Gasteiger partial charge in [0.1, 0.15) is 0 Å². The van der Waals surface area contributed by atoms with Gasteiger partial charge in [-0.3, -0.25) is 0 Å². The summed E-state index contributed by atoms with van der Waals surface area (Å²) in [6, 6.07) is 10.3. The van der Waals surface area contributed by atoms with E-state index in [4.69, 9.17) is 9.47 Å². The van der Waals surface area contributed by atoms with E-state index in [-0.39, 0.29) is 24.7 Å². The van der Waals surface area contributed by atoms with Crippen LogP contribution >= 0.6 is 0 Å². The number of hydrogen-bond acceptors (Lipinski definition) is 4. The van der Waals surface area contributed by atoms with Gasteiger partial charge in [-0.1, -0.05) is 94.7 Å².